The number of ether oxygens (including phenoxy) is 1. The van der Waals surface area contributed by atoms with E-state index in [1.54, 1.807) is 7.11 Å². The highest BCUT2D eigenvalue weighted by Gasteiger charge is 2.23. The molecule has 1 aromatic heterocycles. The summed E-state index contributed by atoms with van der Waals surface area (Å²) in [5, 5.41) is 3.48. The third-order valence-electron chi connectivity index (χ3n) is 4.94. The smallest absolute Gasteiger partial charge is 0.145 e. The van der Waals surface area contributed by atoms with Crippen LogP contribution in [0.5, 0.6) is 5.75 Å². The highest BCUT2D eigenvalue weighted by atomic mass is 16.5. The second kappa shape index (κ2) is 6.87. The van der Waals surface area contributed by atoms with Crippen LogP contribution in [-0.4, -0.2) is 35.1 Å². The molecule has 0 saturated carbocycles. The van der Waals surface area contributed by atoms with Crippen LogP contribution in [0.2, 0.25) is 0 Å². The van der Waals surface area contributed by atoms with E-state index >= 15 is 0 Å². The first kappa shape index (κ1) is 15.5. The Bertz CT molecular complexity index is 712. The molecule has 1 saturated heterocycles. The molecule has 0 aliphatic carbocycles. The summed E-state index contributed by atoms with van der Waals surface area (Å²) in [6.45, 7) is 3.98. The van der Waals surface area contributed by atoms with Crippen molar-refractivity contribution < 1.29 is 4.74 Å². The first-order valence-electron chi connectivity index (χ1n) is 8.75. The zero-order chi connectivity index (χ0) is 16.4. The Kier molecular flexibility index (Phi) is 4.45. The van der Waals surface area contributed by atoms with Crippen molar-refractivity contribution >= 4 is 0 Å². The van der Waals surface area contributed by atoms with Crippen molar-refractivity contribution in [1.29, 1.82) is 0 Å². The van der Waals surface area contributed by atoms with Crippen LogP contribution < -0.4 is 10.1 Å². The minimum Gasteiger partial charge on any atom is -0.497 e. The van der Waals surface area contributed by atoms with Crippen LogP contribution in [0.15, 0.2) is 30.5 Å². The predicted molar refractivity (Wildman–Crippen MR) is 92.8 cm³/mol. The molecule has 0 amide bonds. The van der Waals surface area contributed by atoms with E-state index in [0.29, 0.717) is 6.04 Å². The SMILES string of the molecule is COc1cccc(CN2CCc3nc([C@H]4CCCN4)ncc3C2)c1. The molecule has 1 fully saturated rings. The molecule has 1 N–H and O–H groups in total. The maximum Gasteiger partial charge on any atom is 0.145 e. The van der Waals surface area contributed by atoms with Gasteiger partial charge in [0, 0.05) is 43.5 Å². The summed E-state index contributed by atoms with van der Waals surface area (Å²) >= 11 is 0. The average molecular weight is 324 g/mol. The first-order chi connectivity index (χ1) is 11.8. The lowest BCUT2D eigenvalue weighted by Crippen LogP contribution is -2.31. The van der Waals surface area contributed by atoms with Gasteiger partial charge in [-0.15, -0.1) is 0 Å². The predicted octanol–water partition coefficient (Wildman–Crippen LogP) is 2.47. The molecular weight excluding hydrogens is 300 g/mol. The van der Waals surface area contributed by atoms with Gasteiger partial charge in [0.05, 0.1) is 13.2 Å². The Labute approximate surface area is 143 Å². The number of methoxy groups -OCH3 is 1. The van der Waals surface area contributed by atoms with Crippen LogP contribution >= 0.6 is 0 Å². The van der Waals surface area contributed by atoms with E-state index in [1.807, 2.05) is 12.3 Å². The number of fused-ring (bicyclic) bond motifs is 1. The van der Waals surface area contributed by atoms with Gasteiger partial charge in [-0.3, -0.25) is 4.90 Å². The highest BCUT2D eigenvalue weighted by Crippen LogP contribution is 2.24. The molecule has 1 atom stereocenters. The average Bonchev–Trinajstić information content (AvgIpc) is 3.16. The zero-order valence-electron chi connectivity index (χ0n) is 14.2. The number of hydrogen-bond donors (Lipinski definition) is 1. The summed E-state index contributed by atoms with van der Waals surface area (Å²) in [5.74, 6) is 1.90. The van der Waals surface area contributed by atoms with E-state index in [4.69, 9.17) is 9.72 Å². The zero-order valence-corrected chi connectivity index (χ0v) is 14.2. The van der Waals surface area contributed by atoms with Crippen molar-refractivity contribution in [2.45, 2.75) is 38.4 Å². The lowest BCUT2D eigenvalue weighted by Gasteiger charge is -2.28. The third kappa shape index (κ3) is 3.28. The molecule has 0 bridgehead atoms. The monoisotopic (exact) mass is 324 g/mol. The third-order valence-corrected chi connectivity index (χ3v) is 4.94. The molecule has 0 spiro atoms. The van der Waals surface area contributed by atoms with E-state index in [0.717, 1.165) is 50.6 Å². The number of benzene rings is 1. The van der Waals surface area contributed by atoms with Crippen molar-refractivity contribution in [2.75, 3.05) is 20.2 Å². The largest absolute Gasteiger partial charge is 0.497 e. The highest BCUT2D eigenvalue weighted by molar-refractivity contribution is 5.29. The molecule has 2 aliphatic heterocycles. The second-order valence-electron chi connectivity index (χ2n) is 6.66. The van der Waals surface area contributed by atoms with E-state index in [1.165, 1.54) is 23.2 Å². The van der Waals surface area contributed by atoms with Gasteiger partial charge < -0.3 is 10.1 Å². The van der Waals surface area contributed by atoms with Gasteiger partial charge in [-0.05, 0) is 37.1 Å². The fourth-order valence-electron chi connectivity index (χ4n) is 3.63. The van der Waals surface area contributed by atoms with Crippen LogP contribution in [0, 0.1) is 0 Å². The van der Waals surface area contributed by atoms with Gasteiger partial charge in [-0.25, -0.2) is 9.97 Å². The van der Waals surface area contributed by atoms with E-state index in [9.17, 15) is 0 Å². The number of rotatable bonds is 4. The number of nitrogens with zero attached hydrogens (tertiary/aromatic N) is 3. The summed E-state index contributed by atoms with van der Waals surface area (Å²) in [7, 11) is 1.71. The fraction of sp³-hybridized carbons (Fsp3) is 0.474. The van der Waals surface area contributed by atoms with Crippen LogP contribution in [0.4, 0.5) is 0 Å². The summed E-state index contributed by atoms with van der Waals surface area (Å²) in [4.78, 5) is 11.9. The molecule has 2 aromatic rings. The Morgan fingerprint density at radius 1 is 1.38 bits per heavy atom. The van der Waals surface area contributed by atoms with Crippen molar-refractivity contribution in [1.82, 2.24) is 20.2 Å². The maximum absolute atomic E-state index is 5.32. The number of hydrogen-bond acceptors (Lipinski definition) is 5. The van der Waals surface area contributed by atoms with Crippen LogP contribution in [0.1, 0.15) is 41.5 Å². The molecule has 24 heavy (non-hydrogen) atoms. The standard InChI is InChI=1S/C19H24N4O/c1-24-16-5-2-4-14(10-16)12-23-9-7-17-15(13-23)11-21-19(22-17)18-6-3-8-20-18/h2,4-5,10-11,18,20H,3,6-9,12-13H2,1H3/t18-/m1/s1. The normalized spacial score (nSPS) is 20.8. The van der Waals surface area contributed by atoms with Gasteiger partial charge >= 0.3 is 0 Å². The van der Waals surface area contributed by atoms with E-state index in [-0.39, 0.29) is 0 Å². The van der Waals surface area contributed by atoms with E-state index in [2.05, 4.69) is 33.4 Å². The molecular formula is C19H24N4O. The lowest BCUT2D eigenvalue weighted by molar-refractivity contribution is 0.242. The second-order valence-corrected chi connectivity index (χ2v) is 6.66. The maximum atomic E-state index is 5.32. The van der Waals surface area contributed by atoms with Crippen LogP contribution in [0.3, 0.4) is 0 Å². The first-order valence-corrected chi connectivity index (χ1v) is 8.75. The lowest BCUT2D eigenvalue weighted by atomic mass is 10.1. The van der Waals surface area contributed by atoms with E-state index < -0.39 is 0 Å². The Morgan fingerprint density at radius 2 is 2.33 bits per heavy atom. The summed E-state index contributed by atoms with van der Waals surface area (Å²) in [6, 6.07) is 8.66. The molecule has 5 heteroatoms. The van der Waals surface area contributed by atoms with Crippen molar-refractivity contribution in [3.63, 3.8) is 0 Å². The topological polar surface area (TPSA) is 50.3 Å². The Morgan fingerprint density at radius 3 is 3.17 bits per heavy atom. The minimum absolute atomic E-state index is 0.352. The molecule has 3 heterocycles. The summed E-state index contributed by atoms with van der Waals surface area (Å²) < 4.78 is 5.32. The number of nitrogens with one attached hydrogen (secondary N) is 1. The van der Waals surface area contributed by atoms with Gasteiger partial charge in [0.25, 0.3) is 0 Å². The van der Waals surface area contributed by atoms with Crippen LogP contribution in [-0.2, 0) is 19.5 Å². The summed E-state index contributed by atoms with van der Waals surface area (Å²) in [6.07, 6.45) is 5.41. The van der Waals surface area contributed by atoms with Crippen LogP contribution in [0.25, 0.3) is 0 Å². The molecule has 0 radical (unpaired) electrons. The molecule has 2 aliphatic rings. The van der Waals surface area contributed by atoms with Crippen molar-refractivity contribution in [2.24, 2.45) is 0 Å². The molecule has 5 nitrogen and oxygen atoms in total. The molecule has 126 valence electrons. The molecule has 0 unspecified atom stereocenters. The van der Waals surface area contributed by atoms with Gasteiger partial charge in [0.1, 0.15) is 11.6 Å². The van der Waals surface area contributed by atoms with Gasteiger partial charge in [-0.1, -0.05) is 12.1 Å². The Hall–Kier alpha value is -1.98. The van der Waals surface area contributed by atoms with Gasteiger partial charge in [-0.2, -0.15) is 0 Å². The van der Waals surface area contributed by atoms with Crippen molar-refractivity contribution in [3.8, 4) is 5.75 Å². The number of aromatic nitrogens is 2. The molecule has 4 rings (SSSR count). The van der Waals surface area contributed by atoms with Crippen molar-refractivity contribution in [3.05, 3.63) is 53.1 Å². The molecule has 1 aromatic carbocycles. The van der Waals surface area contributed by atoms with Gasteiger partial charge in [0.2, 0.25) is 0 Å². The fourth-order valence-corrected chi connectivity index (χ4v) is 3.63. The minimum atomic E-state index is 0.352. The Balaban J connectivity index is 1.45. The summed E-state index contributed by atoms with van der Waals surface area (Å²) in [5.41, 5.74) is 3.78. The quantitative estimate of drug-likeness (QED) is 0.936. The van der Waals surface area contributed by atoms with Gasteiger partial charge in [0.15, 0.2) is 0 Å².